The van der Waals surface area contributed by atoms with Crippen molar-refractivity contribution < 1.29 is 13.9 Å². The third-order valence-corrected chi connectivity index (χ3v) is 3.31. The molecule has 0 radical (unpaired) electrons. The van der Waals surface area contributed by atoms with Gasteiger partial charge in [0, 0.05) is 17.2 Å². The molecule has 0 amide bonds. The molecule has 0 saturated heterocycles. The standard InChI is InChI=1S/C13H18FNO2/c1-16-11-8-10(14)7-9(12(11)17-2)3-4-13(15)5-6-13/h7-8H,3-6,15H2,1-2H3. The molecular formula is C13H18FNO2. The smallest absolute Gasteiger partial charge is 0.164 e. The number of nitrogens with two attached hydrogens (primary N) is 1. The zero-order valence-electron chi connectivity index (χ0n) is 10.3. The van der Waals surface area contributed by atoms with E-state index in [1.54, 1.807) is 7.11 Å². The normalized spacial score (nSPS) is 16.7. The summed E-state index contributed by atoms with van der Waals surface area (Å²) in [7, 11) is 3.07. The van der Waals surface area contributed by atoms with Gasteiger partial charge in [-0.2, -0.15) is 0 Å². The fourth-order valence-corrected chi connectivity index (χ4v) is 1.99. The number of hydrogen-bond acceptors (Lipinski definition) is 3. The Morgan fingerprint density at radius 1 is 1.29 bits per heavy atom. The first-order valence-electron chi connectivity index (χ1n) is 5.77. The summed E-state index contributed by atoms with van der Waals surface area (Å²) in [5.74, 6) is 0.738. The molecule has 1 fully saturated rings. The summed E-state index contributed by atoms with van der Waals surface area (Å²) in [5.41, 5.74) is 6.81. The van der Waals surface area contributed by atoms with Crippen LogP contribution in [-0.4, -0.2) is 19.8 Å². The second kappa shape index (κ2) is 4.53. The first-order chi connectivity index (χ1) is 8.08. The van der Waals surface area contributed by atoms with Crippen LogP contribution in [0.5, 0.6) is 11.5 Å². The number of halogens is 1. The molecule has 0 aromatic heterocycles. The number of methoxy groups -OCH3 is 2. The zero-order chi connectivity index (χ0) is 12.5. The molecule has 1 aliphatic rings. The molecule has 1 aliphatic carbocycles. The van der Waals surface area contributed by atoms with Gasteiger partial charge in [-0.3, -0.25) is 0 Å². The molecule has 1 aromatic carbocycles. The molecule has 4 heteroatoms. The molecule has 0 atom stereocenters. The van der Waals surface area contributed by atoms with E-state index in [1.165, 1.54) is 19.2 Å². The Hall–Kier alpha value is -1.29. The Kier molecular flexibility index (Phi) is 3.24. The fraction of sp³-hybridized carbons (Fsp3) is 0.538. The maximum Gasteiger partial charge on any atom is 0.164 e. The van der Waals surface area contributed by atoms with Crippen LogP contribution in [0.4, 0.5) is 4.39 Å². The van der Waals surface area contributed by atoms with E-state index in [4.69, 9.17) is 15.2 Å². The Bertz CT molecular complexity index is 416. The summed E-state index contributed by atoms with van der Waals surface area (Å²) in [6.45, 7) is 0. The van der Waals surface area contributed by atoms with Crippen LogP contribution in [0.3, 0.4) is 0 Å². The van der Waals surface area contributed by atoms with Crippen LogP contribution in [0, 0.1) is 5.82 Å². The minimum Gasteiger partial charge on any atom is -0.493 e. The summed E-state index contributed by atoms with van der Waals surface area (Å²) in [6.07, 6.45) is 3.69. The predicted octanol–water partition coefficient (Wildman–Crippen LogP) is 2.27. The Morgan fingerprint density at radius 3 is 2.53 bits per heavy atom. The van der Waals surface area contributed by atoms with E-state index in [1.807, 2.05) is 0 Å². The van der Waals surface area contributed by atoms with Gasteiger partial charge in [-0.15, -0.1) is 0 Å². The van der Waals surface area contributed by atoms with Crippen molar-refractivity contribution in [1.29, 1.82) is 0 Å². The lowest BCUT2D eigenvalue weighted by Gasteiger charge is -2.14. The van der Waals surface area contributed by atoms with Gasteiger partial charge in [0.15, 0.2) is 11.5 Å². The van der Waals surface area contributed by atoms with Crippen molar-refractivity contribution in [2.75, 3.05) is 14.2 Å². The predicted molar refractivity (Wildman–Crippen MR) is 64.0 cm³/mol. The van der Waals surface area contributed by atoms with Crippen LogP contribution in [0.2, 0.25) is 0 Å². The molecule has 0 unspecified atom stereocenters. The van der Waals surface area contributed by atoms with Crippen LogP contribution in [0.1, 0.15) is 24.8 Å². The Balaban J connectivity index is 2.21. The van der Waals surface area contributed by atoms with Crippen molar-refractivity contribution in [3.05, 3.63) is 23.5 Å². The van der Waals surface area contributed by atoms with Crippen molar-refractivity contribution >= 4 is 0 Å². The van der Waals surface area contributed by atoms with E-state index < -0.39 is 0 Å². The lowest BCUT2D eigenvalue weighted by molar-refractivity contribution is 0.348. The molecular weight excluding hydrogens is 221 g/mol. The number of aryl methyl sites for hydroxylation is 1. The van der Waals surface area contributed by atoms with E-state index in [9.17, 15) is 4.39 Å². The average molecular weight is 239 g/mol. The van der Waals surface area contributed by atoms with Gasteiger partial charge >= 0.3 is 0 Å². The van der Waals surface area contributed by atoms with Crippen molar-refractivity contribution in [3.8, 4) is 11.5 Å². The second-order valence-corrected chi connectivity index (χ2v) is 4.66. The highest BCUT2D eigenvalue weighted by Crippen LogP contribution is 2.39. The molecule has 94 valence electrons. The maximum absolute atomic E-state index is 13.4. The van der Waals surface area contributed by atoms with Gasteiger partial charge in [-0.25, -0.2) is 4.39 Å². The molecule has 0 spiro atoms. The molecule has 0 bridgehead atoms. The highest BCUT2D eigenvalue weighted by atomic mass is 19.1. The zero-order valence-corrected chi connectivity index (χ0v) is 10.3. The fourth-order valence-electron chi connectivity index (χ4n) is 1.99. The van der Waals surface area contributed by atoms with E-state index >= 15 is 0 Å². The second-order valence-electron chi connectivity index (χ2n) is 4.66. The van der Waals surface area contributed by atoms with Crippen molar-refractivity contribution in [3.63, 3.8) is 0 Å². The van der Waals surface area contributed by atoms with E-state index in [0.29, 0.717) is 17.9 Å². The van der Waals surface area contributed by atoms with Crippen molar-refractivity contribution in [2.45, 2.75) is 31.2 Å². The van der Waals surface area contributed by atoms with Crippen LogP contribution < -0.4 is 15.2 Å². The minimum atomic E-state index is -0.306. The van der Waals surface area contributed by atoms with Gasteiger partial charge in [0.05, 0.1) is 14.2 Å². The summed E-state index contributed by atoms with van der Waals surface area (Å²) in [5, 5.41) is 0. The summed E-state index contributed by atoms with van der Waals surface area (Å²) in [4.78, 5) is 0. The molecule has 2 rings (SSSR count). The van der Waals surface area contributed by atoms with Gasteiger partial charge in [-0.05, 0) is 31.7 Å². The van der Waals surface area contributed by atoms with Crippen LogP contribution >= 0.6 is 0 Å². The van der Waals surface area contributed by atoms with Gasteiger partial charge in [0.2, 0.25) is 0 Å². The first-order valence-corrected chi connectivity index (χ1v) is 5.77. The lowest BCUT2D eigenvalue weighted by atomic mass is 10.0. The molecule has 1 aromatic rings. The van der Waals surface area contributed by atoms with Gasteiger partial charge in [-0.1, -0.05) is 0 Å². The molecule has 2 N–H and O–H groups in total. The van der Waals surface area contributed by atoms with Crippen molar-refractivity contribution in [1.82, 2.24) is 0 Å². The van der Waals surface area contributed by atoms with Gasteiger partial charge in [0.1, 0.15) is 5.82 Å². The van der Waals surface area contributed by atoms with Crippen LogP contribution in [0.25, 0.3) is 0 Å². The first kappa shape index (κ1) is 12.2. The molecule has 0 heterocycles. The van der Waals surface area contributed by atoms with Gasteiger partial charge < -0.3 is 15.2 Å². The quantitative estimate of drug-likeness (QED) is 0.857. The van der Waals surface area contributed by atoms with E-state index in [0.717, 1.165) is 24.8 Å². The Morgan fingerprint density at radius 2 is 2.00 bits per heavy atom. The van der Waals surface area contributed by atoms with E-state index in [-0.39, 0.29) is 11.4 Å². The molecule has 3 nitrogen and oxygen atoms in total. The highest BCUT2D eigenvalue weighted by molar-refractivity contribution is 5.47. The summed E-state index contributed by atoms with van der Waals surface area (Å²) < 4.78 is 23.8. The molecule has 1 saturated carbocycles. The molecule has 17 heavy (non-hydrogen) atoms. The summed E-state index contributed by atoms with van der Waals surface area (Å²) >= 11 is 0. The summed E-state index contributed by atoms with van der Waals surface area (Å²) in [6, 6.07) is 2.82. The average Bonchev–Trinajstić information content (AvgIpc) is 3.04. The highest BCUT2D eigenvalue weighted by Gasteiger charge is 2.37. The lowest BCUT2D eigenvalue weighted by Crippen LogP contribution is -2.22. The number of rotatable bonds is 5. The minimum absolute atomic E-state index is 0.0371. The van der Waals surface area contributed by atoms with Crippen LogP contribution in [-0.2, 0) is 6.42 Å². The largest absolute Gasteiger partial charge is 0.493 e. The number of ether oxygens (including phenoxy) is 2. The number of hydrogen-bond donors (Lipinski definition) is 1. The topological polar surface area (TPSA) is 44.5 Å². The van der Waals surface area contributed by atoms with E-state index in [2.05, 4.69) is 0 Å². The molecule has 0 aliphatic heterocycles. The SMILES string of the molecule is COc1cc(F)cc(CCC2(N)CC2)c1OC. The monoisotopic (exact) mass is 239 g/mol. The Labute approximate surface area is 101 Å². The third kappa shape index (κ3) is 2.69. The third-order valence-electron chi connectivity index (χ3n) is 3.31. The van der Waals surface area contributed by atoms with Crippen LogP contribution in [0.15, 0.2) is 12.1 Å². The van der Waals surface area contributed by atoms with Gasteiger partial charge in [0.25, 0.3) is 0 Å². The maximum atomic E-state index is 13.4. The van der Waals surface area contributed by atoms with Crippen molar-refractivity contribution in [2.24, 2.45) is 5.73 Å². The number of benzene rings is 1.